The van der Waals surface area contributed by atoms with Crippen LogP contribution in [0.25, 0.3) is 0 Å². The Labute approximate surface area is 117 Å². The van der Waals surface area contributed by atoms with E-state index in [1.807, 2.05) is 0 Å². The highest BCUT2D eigenvalue weighted by Crippen LogP contribution is 2.42. The molecule has 116 valence electrons. The van der Waals surface area contributed by atoms with Crippen molar-refractivity contribution in [2.75, 3.05) is 26.8 Å². The largest absolute Gasteiger partial charge is 0.472 e. The molecule has 0 aliphatic rings. The van der Waals surface area contributed by atoms with Crippen LogP contribution in [0.15, 0.2) is 0 Å². The Hall–Kier alpha value is 0.0700. The Morgan fingerprint density at radius 3 is 2.05 bits per heavy atom. The van der Waals surface area contributed by atoms with Crippen LogP contribution in [-0.2, 0) is 13.6 Å². The lowest BCUT2D eigenvalue weighted by Gasteiger charge is -2.11. The van der Waals surface area contributed by atoms with Crippen molar-refractivity contribution in [3.8, 4) is 0 Å². The lowest BCUT2D eigenvalue weighted by atomic mass is 10.1. The molecule has 0 aromatic rings. The molecule has 0 rings (SSSR count). The average molecular weight is 295 g/mol. The molecule has 1 unspecified atom stereocenters. The summed E-state index contributed by atoms with van der Waals surface area (Å²) < 4.78 is 21.0. The zero-order valence-corrected chi connectivity index (χ0v) is 13.3. The van der Waals surface area contributed by atoms with Gasteiger partial charge < -0.3 is 10.2 Å². The summed E-state index contributed by atoms with van der Waals surface area (Å²) in [6.45, 7) is 3.22. The third-order valence-electron chi connectivity index (χ3n) is 2.86. The number of hydrogen-bond acceptors (Lipinski definition) is 4. The number of phosphoric acid groups is 1. The third-order valence-corrected chi connectivity index (χ3v) is 3.88. The van der Waals surface area contributed by atoms with Gasteiger partial charge in [-0.15, -0.1) is 0 Å². The molecule has 0 aromatic heterocycles. The van der Waals surface area contributed by atoms with Crippen molar-refractivity contribution in [3.63, 3.8) is 0 Å². The summed E-state index contributed by atoms with van der Waals surface area (Å²) in [6, 6.07) is 0. The Morgan fingerprint density at radius 1 is 0.947 bits per heavy atom. The predicted octanol–water partition coefficient (Wildman–Crippen LogP) is 3.48. The van der Waals surface area contributed by atoms with Crippen LogP contribution in [0.5, 0.6) is 0 Å². The van der Waals surface area contributed by atoms with E-state index < -0.39 is 7.82 Å². The minimum absolute atomic E-state index is 0.182. The zero-order valence-electron chi connectivity index (χ0n) is 12.4. The number of likely N-dealkylation sites (N-methyl/N-ethyl adjacent to an activating group) is 1. The summed E-state index contributed by atoms with van der Waals surface area (Å²) in [4.78, 5) is 9.32. The summed E-state index contributed by atoms with van der Waals surface area (Å²) in [5.74, 6) is 0. The topological polar surface area (TPSA) is 67.8 Å². The van der Waals surface area contributed by atoms with Crippen LogP contribution >= 0.6 is 7.82 Å². The van der Waals surface area contributed by atoms with Gasteiger partial charge >= 0.3 is 7.82 Å². The molecule has 19 heavy (non-hydrogen) atoms. The molecular weight excluding hydrogens is 265 g/mol. The van der Waals surface area contributed by atoms with Crippen molar-refractivity contribution >= 4 is 7.82 Å². The van der Waals surface area contributed by atoms with E-state index in [0.717, 1.165) is 12.8 Å². The minimum Gasteiger partial charge on any atom is -0.317 e. The summed E-state index contributed by atoms with van der Waals surface area (Å²) in [5.41, 5.74) is 0. The maximum Gasteiger partial charge on any atom is 0.472 e. The highest BCUT2D eigenvalue weighted by Gasteiger charge is 2.19. The van der Waals surface area contributed by atoms with Crippen molar-refractivity contribution < 1.29 is 18.5 Å². The van der Waals surface area contributed by atoms with Gasteiger partial charge in [0.15, 0.2) is 0 Å². The molecule has 0 bridgehead atoms. The maximum absolute atomic E-state index is 11.4. The number of nitrogens with one attached hydrogen (secondary N) is 1. The zero-order chi connectivity index (χ0) is 14.4. The number of unbranched alkanes of at least 4 members (excludes halogenated alkanes) is 7. The van der Waals surface area contributed by atoms with Crippen molar-refractivity contribution in [2.24, 2.45) is 0 Å². The van der Waals surface area contributed by atoms with Crippen molar-refractivity contribution in [1.82, 2.24) is 5.32 Å². The van der Waals surface area contributed by atoms with Gasteiger partial charge in [-0.1, -0.05) is 51.9 Å². The highest BCUT2D eigenvalue weighted by atomic mass is 31.2. The molecule has 2 N–H and O–H groups in total. The van der Waals surface area contributed by atoms with Gasteiger partial charge in [0, 0.05) is 6.54 Å². The molecule has 0 spiro atoms. The van der Waals surface area contributed by atoms with E-state index in [2.05, 4.69) is 12.2 Å². The second kappa shape index (κ2) is 13.1. The lowest BCUT2D eigenvalue weighted by Crippen LogP contribution is -2.13. The van der Waals surface area contributed by atoms with Gasteiger partial charge in [0.1, 0.15) is 0 Å². The molecule has 5 nitrogen and oxygen atoms in total. The van der Waals surface area contributed by atoms with Gasteiger partial charge in [0.25, 0.3) is 0 Å². The van der Waals surface area contributed by atoms with E-state index in [1.54, 1.807) is 7.05 Å². The number of hydrogen-bond donors (Lipinski definition) is 2. The molecule has 0 heterocycles. The SMILES string of the molecule is CCCCCCCCCCOP(=O)(O)OCCNC. The summed E-state index contributed by atoms with van der Waals surface area (Å²) in [7, 11) is -2.08. The molecule has 0 aliphatic carbocycles. The molecule has 0 amide bonds. The molecular formula is C13H30NO4P. The van der Waals surface area contributed by atoms with Crippen LogP contribution < -0.4 is 5.32 Å². The normalized spacial score (nSPS) is 14.5. The van der Waals surface area contributed by atoms with E-state index in [4.69, 9.17) is 9.05 Å². The fourth-order valence-corrected chi connectivity index (χ4v) is 2.47. The molecule has 6 heteroatoms. The van der Waals surface area contributed by atoms with Crippen molar-refractivity contribution in [2.45, 2.75) is 58.3 Å². The number of phosphoric ester groups is 1. The Kier molecular flexibility index (Phi) is 13.1. The first-order chi connectivity index (χ1) is 9.12. The quantitative estimate of drug-likeness (QED) is 0.379. The Balaban J connectivity index is 3.30. The third kappa shape index (κ3) is 14.3. The Morgan fingerprint density at radius 2 is 1.47 bits per heavy atom. The lowest BCUT2D eigenvalue weighted by molar-refractivity contribution is 0.148. The van der Waals surface area contributed by atoms with E-state index in [0.29, 0.717) is 13.2 Å². The fraction of sp³-hybridized carbons (Fsp3) is 1.00. The van der Waals surface area contributed by atoms with Gasteiger partial charge in [0.2, 0.25) is 0 Å². The molecule has 0 aromatic carbocycles. The summed E-state index contributed by atoms with van der Waals surface area (Å²) in [5, 5.41) is 2.83. The van der Waals surface area contributed by atoms with Crippen LogP contribution in [0.2, 0.25) is 0 Å². The predicted molar refractivity (Wildman–Crippen MR) is 78.3 cm³/mol. The minimum atomic E-state index is -3.83. The molecule has 0 aliphatic heterocycles. The second-order valence-corrected chi connectivity index (χ2v) is 6.17. The van der Waals surface area contributed by atoms with E-state index in [-0.39, 0.29) is 6.61 Å². The van der Waals surface area contributed by atoms with E-state index in [9.17, 15) is 9.46 Å². The van der Waals surface area contributed by atoms with Gasteiger partial charge in [-0.3, -0.25) is 9.05 Å². The highest BCUT2D eigenvalue weighted by molar-refractivity contribution is 7.47. The standard InChI is InChI=1S/C13H30NO4P/c1-3-4-5-6-7-8-9-10-12-17-19(15,16)18-13-11-14-2/h14H,3-13H2,1-2H3,(H,15,16). The first kappa shape index (κ1) is 19.1. The molecule has 0 fully saturated rings. The van der Waals surface area contributed by atoms with Gasteiger partial charge in [-0.2, -0.15) is 0 Å². The van der Waals surface area contributed by atoms with Crippen LogP contribution in [0.4, 0.5) is 0 Å². The maximum atomic E-state index is 11.4. The van der Waals surface area contributed by atoms with E-state index >= 15 is 0 Å². The fourth-order valence-electron chi connectivity index (χ4n) is 1.72. The summed E-state index contributed by atoms with van der Waals surface area (Å²) in [6.07, 6.45) is 9.47. The molecule has 0 radical (unpaired) electrons. The molecule has 0 saturated heterocycles. The van der Waals surface area contributed by atoms with Crippen molar-refractivity contribution in [3.05, 3.63) is 0 Å². The van der Waals surface area contributed by atoms with Gasteiger partial charge in [0.05, 0.1) is 13.2 Å². The molecule has 1 atom stereocenters. The summed E-state index contributed by atoms with van der Waals surface area (Å²) >= 11 is 0. The first-order valence-corrected chi connectivity index (χ1v) is 8.88. The van der Waals surface area contributed by atoms with E-state index in [1.165, 1.54) is 38.5 Å². The van der Waals surface area contributed by atoms with Crippen LogP contribution in [0.1, 0.15) is 58.3 Å². The van der Waals surface area contributed by atoms with Crippen molar-refractivity contribution in [1.29, 1.82) is 0 Å². The smallest absolute Gasteiger partial charge is 0.317 e. The molecule has 0 saturated carbocycles. The van der Waals surface area contributed by atoms with Crippen LogP contribution in [0, 0.1) is 0 Å². The second-order valence-electron chi connectivity index (χ2n) is 4.71. The first-order valence-electron chi connectivity index (χ1n) is 7.39. The monoisotopic (exact) mass is 295 g/mol. The Bertz CT molecular complexity index is 239. The average Bonchev–Trinajstić information content (AvgIpc) is 2.37. The van der Waals surface area contributed by atoms with Crippen LogP contribution in [-0.4, -0.2) is 31.7 Å². The van der Waals surface area contributed by atoms with Gasteiger partial charge in [-0.25, -0.2) is 4.57 Å². The van der Waals surface area contributed by atoms with Crippen LogP contribution in [0.3, 0.4) is 0 Å². The number of rotatable bonds is 14. The van der Waals surface area contributed by atoms with Gasteiger partial charge in [-0.05, 0) is 13.5 Å².